The third-order valence-corrected chi connectivity index (χ3v) is 5.41. The van der Waals surface area contributed by atoms with Crippen LogP contribution >= 0.6 is 0 Å². The van der Waals surface area contributed by atoms with E-state index in [0.717, 1.165) is 28.1 Å². The van der Waals surface area contributed by atoms with Gasteiger partial charge >= 0.3 is 5.97 Å². The van der Waals surface area contributed by atoms with Crippen LogP contribution in [0.4, 0.5) is 10.1 Å². The number of nitrogens with zero attached hydrogens (tertiary/aromatic N) is 2. The predicted octanol–water partition coefficient (Wildman–Crippen LogP) is 3.88. The normalized spacial score (nSPS) is 13.7. The molecule has 0 saturated carbocycles. The molecule has 0 radical (unpaired) electrons. The number of amides is 1. The fraction of sp³-hybridized carbons (Fsp3) is 0.292. The molecular weight excluding hydrogens is 429 g/mol. The summed E-state index contributed by atoms with van der Waals surface area (Å²) in [6.07, 6.45) is -0.536. The molecule has 172 valence electrons. The van der Waals surface area contributed by atoms with Crippen molar-refractivity contribution in [1.82, 2.24) is 9.78 Å². The first kappa shape index (κ1) is 22.5. The molecule has 1 amide bonds. The minimum atomic E-state index is -1.01. The molecule has 0 bridgehead atoms. The first-order chi connectivity index (χ1) is 15.9. The van der Waals surface area contributed by atoms with Crippen LogP contribution in [-0.2, 0) is 20.9 Å². The van der Waals surface area contributed by atoms with E-state index in [9.17, 15) is 19.1 Å². The Morgan fingerprint density at radius 1 is 1.27 bits per heavy atom. The van der Waals surface area contributed by atoms with E-state index in [1.165, 1.54) is 12.1 Å². The molecule has 1 aromatic heterocycles. The summed E-state index contributed by atoms with van der Waals surface area (Å²) in [5.41, 5.74) is 4.40. The van der Waals surface area contributed by atoms with E-state index < -0.39 is 12.1 Å². The number of halogens is 1. The van der Waals surface area contributed by atoms with Gasteiger partial charge in [0.15, 0.2) is 12.7 Å². The van der Waals surface area contributed by atoms with Gasteiger partial charge in [0.1, 0.15) is 11.6 Å². The van der Waals surface area contributed by atoms with Crippen LogP contribution in [0.15, 0.2) is 42.5 Å². The first-order valence-electron chi connectivity index (χ1n) is 10.6. The molecule has 0 saturated heterocycles. The first-order valence-corrected chi connectivity index (χ1v) is 10.6. The zero-order chi connectivity index (χ0) is 23.5. The third kappa shape index (κ3) is 4.73. The van der Waals surface area contributed by atoms with Crippen LogP contribution in [0, 0.1) is 12.7 Å². The highest BCUT2D eigenvalue weighted by Gasteiger charge is 2.23. The van der Waals surface area contributed by atoms with Crippen molar-refractivity contribution in [3.05, 3.63) is 54.0 Å². The number of ether oxygens (including phenoxy) is 2. The van der Waals surface area contributed by atoms with E-state index in [2.05, 4.69) is 10.4 Å². The molecule has 2 N–H and O–H groups in total. The number of hydrogen-bond acceptors (Lipinski definition) is 5. The number of benzene rings is 2. The molecule has 4 rings (SSSR count). The SMILES string of the molecule is CCC(OCCn1nc(C)c(-c2ccc3c(c2)NC(=O)CO3)c1-c1ccc(F)cc1)C(=O)O. The van der Waals surface area contributed by atoms with Crippen molar-refractivity contribution in [2.75, 3.05) is 18.5 Å². The molecule has 0 aliphatic carbocycles. The molecule has 2 aromatic carbocycles. The molecular formula is C24H24FN3O5. The Labute approximate surface area is 189 Å². The largest absolute Gasteiger partial charge is 0.482 e. The molecule has 1 unspecified atom stereocenters. The van der Waals surface area contributed by atoms with Crippen molar-refractivity contribution < 1.29 is 28.6 Å². The lowest BCUT2D eigenvalue weighted by Gasteiger charge is -2.19. The fourth-order valence-electron chi connectivity index (χ4n) is 3.87. The second-order valence-corrected chi connectivity index (χ2v) is 7.69. The number of hydrogen-bond donors (Lipinski definition) is 2. The lowest BCUT2D eigenvalue weighted by atomic mass is 9.98. The van der Waals surface area contributed by atoms with E-state index in [1.807, 2.05) is 19.1 Å². The summed E-state index contributed by atoms with van der Waals surface area (Å²) in [5, 5.41) is 16.7. The van der Waals surface area contributed by atoms with Gasteiger partial charge in [-0.2, -0.15) is 5.10 Å². The van der Waals surface area contributed by atoms with Crippen molar-refractivity contribution >= 4 is 17.6 Å². The summed E-state index contributed by atoms with van der Waals surface area (Å²) in [4.78, 5) is 23.0. The standard InChI is InChI=1S/C24H24FN3O5/c1-3-19(24(30)31)32-11-10-28-23(15-4-7-17(25)8-5-15)22(14(2)27-28)16-6-9-20-18(12-16)26-21(29)13-33-20/h4-9,12,19H,3,10-11,13H2,1-2H3,(H,26,29)(H,30,31). The maximum absolute atomic E-state index is 13.6. The summed E-state index contributed by atoms with van der Waals surface area (Å²) in [6, 6.07) is 11.6. The molecule has 2 heterocycles. The topological polar surface area (TPSA) is 103 Å². The van der Waals surface area contributed by atoms with Gasteiger partial charge in [-0.15, -0.1) is 0 Å². The number of carbonyl (C=O) groups excluding carboxylic acids is 1. The Morgan fingerprint density at radius 3 is 2.70 bits per heavy atom. The Hall–Kier alpha value is -3.72. The number of anilines is 1. The highest BCUT2D eigenvalue weighted by atomic mass is 19.1. The van der Waals surface area contributed by atoms with Gasteiger partial charge in [0.25, 0.3) is 5.91 Å². The van der Waals surface area contributed by atoms with Gasteiger partial charge in [0, 0.05) is 11.1 Å². The van der Waals surface area contributed by atoms with Gasteiger partial charge in [-0.05, 0) is 55.3 Å². The fourth-order valence-corrected chi connectivity index (χ4v) is 3.87. The Balaban J connectivity index is 1.74. The maximum atomic E-state index is 13.6. The van der Waals surface area contributed by atoms with Crippen molar-refractivity contribution in [1.29, 1.82) is 0 Å². The van der Waals surface area contributed by atoms with Crippen molar-refractivity contribution in [3.8, 4) is 28.1 Å². The average Bonchev–Trinajstić information content (AvgIpc) is 3.12. The third-order valence-electron chi connectivity index (χ3n) is 5.41. The Bertz CT molecular complexity index is 1190. The second-order valence-electron chi connectivity index (χ2n) is 7.69. The van der Waals surface area contributed by atoms with E-state index in [4.69, 9.17) is 9.47 Å². The van der Waals surface area contributed by atoms with Crippen LogP contribution in [0.5, 0.6) is 5.75 Å². The van der Waals surface area contributed by atoms with Gasteiger partial charge < -0.3 is 19.9 Å². The Morgan fingerprint density at radius 2 is 2.00 bits per heavy atom. The monoisotopic (exact) mass is 453 g/mol. The van der Waals surface area contributed by atoms with Crippen molar-refractivity contribution in [2.24, 2.45) is 0 Å². The molecule has 33 heavy (non-hydrogen) atoms. The van der Waals surface area contributed by atoms with E-state index in [1.54, 1.807) is 29.8 Å². The molecule has 9 heteroatoms. The molecule has 3 aromatic rings. The van der Waals surface area contributed by atoms with Gasteiger partial charge in [0.05, 0.1) is 30.2 Å². The predicted molar refractivity (Wildman–Crippen MR) is 120 cm³/mol. The number of fused-ring (bicyclic) bond motifs is 1. The van der Waals surface area contributed by atoms with E-state index in [-0.39, 0.29) is 24.9 Å². The van der Waals surface area contributed by atoms with Gasteiger partial charge in [-0.25, -0.2) is 9.18 Å². The number of aryl methyl sites for hydroxylation is 1. The number of nitrogens with one attached hydrogen (secondary N) is 1. The second kappa shape index (κ2) is 9.41. The summed E-state index contributed by atoms with van der Waals surface area (Å²) in [7, 11) is 0. The summed E-state index contributed by atoms with van der Waals surface area (Å²) < 4.78 is 26.3. The van der Waals surface area contributed by atoms with Crippen molar-refractivity contribution in [3.63, 3.8) is 0 Å². The minimum absolute atomic E-state index is 0.0285. The molecule has 1 atom stereocenters. The zero-order valence-electron chi connectivity index (χ0n) is 18.3. The van der Waals surface area contributed by atoms with Crippen LogP contribution in [0.1, 0.15) is 19.0 Å². The molecule has 8 nitrogen and oxygen atoms in total. The average molecular weight is 453 g/mol. The smallest absolute Gasteiger partial charge is 0.332 e. The Kier molecular flexibility index (Phi) is 6.41. The van der Waals surface area contributed by atoms with Gasteiger partial charge in [-0.1, -0.05) is 13.0 Å². The van der Waals surface area contributed by atoms with Crippen LogP contribution < -0.4 is 10.1 Å². The number of aromatic nitrogens is 2. The number of carboxylic acid groups (broad SMARTS) is 1. The maximum Gasteiger partial charge on any atom is 0.332 e. The summed E-state index contributed by atoms with van der Waals surface area (Å²) >= 11 is 0. The molecule has 0 fully saturated rings. The van der Waals surface area contributed by atoms with Crippen LogP contribution in [0.25, 0.3) is 22.4 Å². The number of rotatable bonds is 8. The highest BCUT2D eigenvalue weighted by molar-refractivity contribution is 5.97. The summed E-state index contributed by atoms with van der Waals surface area (Å²) in [6.45, 7) is 4.03. The number of carbonyl (C=O) groups is 2. The molecule has 1 aliphatic heterocycles. The number of carboxylic acids is 1. The van der Waals surface area contributed by atoms with E-state index >= 15 is 0 Å². The summed E-state index contributed by atoms with van der Waals surface area (Å²) in [5.74, 6) is -1.01. The quantitative estimate of drug-likeness (QED) is 0.537. The van der Waals surface area contributed by atoms with Crippen LogP contribution in [-0.4, -0.2) is 46.1 Å². The molecule has 0 spiro atoms. The van der Waals surface area contributed by atoms with Crippen LogP contribution in [0.2, 0.25) is 0 Å². The lowest BCUT2D eigenvalue weighted by molar-refractivity contribution is -0.150. The number of aliphatic carboxylic acids is 1. The van der Waals surface area contributed by atoms with Crippen LogP contribution in [0.3, 0.4) is 0 Å². The van der Waals surface area contributed by atoms with Crippen molar-refractivity contribution in [2.45, 2.75) is 32.9 Å². The highest BCUT2D eigenvalue weighted by Crippen LogP contribution is 2.39. The zero-order valence-corrected chi connectivity index (χ0v) is 18.3. The van der Waals surface area contributed by atoms with Gasteiger partial charge in [0.2, 0.25) is 0 Å². The van der Waals surface area contributed by atoms with Gasteiger partial charge in [-0.3, -0.25) is 9.48 Å². The molecule has 1 aliphatic rings. The lowest BCUT2D eigenvalue weighted by Crippen LogP contribution is -2.25. The minimum Gasteiger partial charge on any atom is -0.482 e. The van der Waals surface area contributed by atoms with E-state index in [0.29, 0.717) is 24.4 Å².